The monoisotopic (exact) mass is 219 g/mol. The van der Waals surface area contributed by atoms with Crippen LogP contribution < -0.4 is 5.32 Å². The Balaban J connectivity index is 1.97. The summed E-state index contributed by atoms with van der Waals surface area (Å²) < 4.78 is 0. The van der Waals surface area contributed by atoms with Gasteiger partial charge in [0, 0.05) is 6.54 Å². The lowest BCUT2D eigenvalue weighted by Crippen LogP contribution is -2.25. The van der Waals surface area contributed by atoms with Crippen LogP contribution in [0.15, 0.2) is 18.2 Å². The van der Waals surface area contributed by atoms with Crippen molar-refractivity contribution in [1.29, 1.82) is 0 Å². The van der Waals surface area contributed by atoms with Crippen LogP contribution in [-0.4, -0.2) is 17.6 Å². The normalized spacial score (nSPS) is 22.9. The van der Waals surface area contributed by atoms with E-state index in [-0.39, 0.29) is 11.7 Å². The summed E-state index contributed by atoms with van der Waals surface area (Å²) in [5.41, 5.74) is 1.31. The minimum atomic E-state index is -0.184. The smallest absolute Gasteiger partial charge is 0.255 e. The molecule has 0 aromatic heterocycles. The van der Waals surface area contributed by atoms with E-state index in [4.69, 9.17) is 0 Å². The van der Waals surface area contributed by atoms with Crippen molar-refractivity contribution in [1.82, 2.24) is 5.32 Å². The third-order valence-corrected chi connectivity index (χ3v) is 3.20. The van der Waals surface area contributed by atoms with Crippen LogP contribution in [0.25, 0.3) is 0 Å². The fraction of sp³-hybridized carbons (Fsp3) is 0.462. The first-order chi connectivity index (χ1) is 7.58. The highest BCUT2D eigenvalue weighted by Crippen LogP contribution is 2.36. The van der Waals surface area contributed by atoms with E-state index in [0.717, 1.165) is 11.5 Å². The number of hydrogen-bond acceptors (Lipinski definition) is 2. The van der Waals surface area contributed by atoms with Gasteiger partial charge in [0.2, 0.25) is 0 Å². The second kappa shape index (κ2) is 4.16. The number of hydrogen-bond donors (Lipinski definition) is 2. The van der Waals surface area contributed by atoms with Crippen LogP contribution in [0.4, 0.5) is 0 Å². The van der Waals surface area contributed by atoms with Crippen LogP contribution in [-0.2, 0) is 0 Å². The Morgan fingerprint density at radius 3 is 2.81 bits per heavy atom. The number of carbonyl (C=O) groups excluding carboxylic acids is 1. The van der Waals surface area contributed by atoms with E-state index in [1.807, 2.05) is 13.0 Å². The highest BCUT2D eigenvalue weighted by Gasteiger charge is 2.32. The molecule has 3 heteroatoms. The van der Waals surface area contributed by atoms with Crippen LogP contribution >= 0.6 is 0 Å². The Morgan fingerprint density at radius 2 is 2.25 bits per heavy atom. The van der Waals surface area contributed by atoms with E-state index in [2.05, 4.69) is 12.2 Å². The highest BCUT2D eigenvalue weighted by atomic mass is 16.3. The fourth-order valence-electron chi connectivity index (χ4n) is 1.84. The molecule has 2 atom stereocenters. The van der Waals surface area contributed by atoms with E-state index >= 15 is 0 Å². The zero-order valence-electron chi connectivity index (χ0n) is 9.66. The zero-order chi connectivity index (χ0) is 11.7. The Morgan fingerprint density at radius 1 is 1.56 bits per heavy atom. The molecule has 0 spiro atoms. The number of aromatic hydroxyl groups is 1. The Bertz CT molecular complexity index is 414. The number of rotatable bonds is 3. The predicted octanol–water partition coefficient (Wildman–Crippen LogP) is 2.09. The predicted molar refractivity (Wildman–Crippen MR) is 62.4 cm³/mol. The van der Waals surface area contributed by atoms with E-state index in [1.165, 1.54) is 6.42 Å². The van der Waals surface area contributed by atoms with E-state index in [9.17, 15) is 9.90 Å². The molecule has 1 amide bonds. The summed E-state index contributed by atoms with van der Waals surface area (Å²) >= 11 is 0. The second-order valence-electron chi connectivity index (χ2n) is 4.70. The van der Waals surface area contributed by atoms with Gasteiger partial charge in [-0.15, -0.1) is 0 Å². The van der Waals surface area contributed by atoms with Gasteiger partial charge in [-0.1, -0.05) is 13.0 Å². The van der Waals surface area contributed by atoms with E-state index in [1.54, 1.807) is 12.1 Å². The van der Waals surface area contributed by atoms with Gasteiger partial charge >= 0.3 is 0 Å². The number of aryl methyl sites for hydroxylation is 1. The van der Waals surface area contributed by atoms with Gasteiger partial charge in [0.1, 0.15) is 5.75 Å². The van der Waals surface area contributed by atoms with Crippen LogP contribution in [0.5, 0.6) is 5.75 Å². The number of amides is 1. The molecule has 2 unspecified atom stereocenters. The first-order valence-electron chi connectivity index (χ1n) is 5.65. The molecule has 16 heavy (non-hydrogen) atoms. The average molecular weight is 219 g/mol. The summed E-state index contributed by atoms with van der Waals surface area (Å²) in [5.74, 6) is 1.22. The standard InChI is InChI=1S/C13H17NO2/c1-8-3-4-11(12(15)5-8)13(16)14-7-10-6-9(10)2/h3-5,9-10,15H,6-7H2,1-2H3,(H,14,16). The molecule has 2 N–H and O–H groups in total. The summed E-state index contributed by atoms with van der Waals surface area (Å²) in [5, 5.41) is 12.5. The van der Waals surface area contributed by atoms with E-state index in [0.29, 0.717) is 18.0 Å². The van der Waals surface area contributed by atoms with Crippen LogP contribution in [0.3, 0.4) is 0 Å². The van der Waals surface area contributed by atoms with Gasteiger partial charge in [0.25, 0.3) is 5.91 Å². The molecular formula is C13H17NO2. The number of phenols is 1. The van der Waals surface area contributed by atoms with Crippen LogP contribution in [0, 0.1) is 18.8 Å². The molecule has 86 valence electrons. The number of benzene rings is 1. The molecule has 1 aromatic carbocycles. The maximum atomic E-state index is 11.7. The molecule has 2 rings (SSSR count). The third-order valence-electron chi connectivity index (χ3n) is 3.20. The van der Waals surface area contributed by atoms with Crippen molar-refractivity contribution >= 4 is 5.91 Å². The van der Waals surface area contributed by atoms with Crippen molar-refractivity contribution in [2.24, 2.45) is 11.8 Å². The number of phenolic OH excluding ortho intramolecular Hbond substituents is 1. The molecule has 1 saturated carbocycles. The van der Waals surface area contributed by atoms with Crippen molar-refractivity contribution in [3.63, 3.8) is 0 Å². The largest absolute Gasteiger partial charge is 0.507 e. The molecule has 3 nitrogen and oxygen atoms in total. The van der Waals surface area contributed by atoms with Gasteiger partial charge in [-0.2, -0.15) is 0 Å². The molecule has 1 aliphatic carbocycles. The van der Waals surface area contributed by atoms with Gasteiger partial charge in [-0.05, 0) is 42.9 Å². The summed E-state index contributed by atoms with van der Waals surface area (Å²) in [6.07, 6.45) is 1.19. The van der Waals surface area contributed by atoms with Crippen molar-refractivity contribution in [3.05, 3.63) is 29.3 Å². The summed E-state index contributed by atoms with van der Waals surface area (Å²) in [4.78, 5) is 11.7. The lowest BCUT2D eigenvalue weighted by molar-refractivity contribution is 0.0948. The first kappa shape index (κ1) is 11.0. The third kappa shape index (κ3) is 2.35. The van der Waals surface area contributed by atoms with Gasteiger partial charge in [-0.25, -0.2) is 0 Å². The molecule has 1 aromatic rings. The van der Waals surface area contributed by atoms with Gasteiger partial charge in [-0.3, -0.25) is 4.79 Å². The first-order valence-corrected chi connectivity index (χ1v) is 5.65. The van der Waals surface area contributed by atoms with Crippen molar-refractivity contribution in [2.75, 3.05) is 6.54 Å². The molecule has 1 fully saturated rings. The maximum absolute atomic E-state index is 11.7. The summed E-state index contributed by atoms with van der Waals surface area (Å²) in [6, 6.07) is 5.10. The van der Waals surface area contributed by atoms with Gasteiger partial charge < -0.3 is 10.4 Å². The second-order valence-corrected chi connectivity index (χ2v) is 4.70. The van der Waals surface area contributed by atoms with Crippen molar-refractivity contribution < 1.29 is 9.90 Å². The molecule has 0 bridgehead atoms. The van der Waals surface area contributed by atoms with Crippen molar-refractivity contribution in [2.45, 2.75) is 20.3 Å². The zero-order valence-corrected chi connectivity index (χ0v) is 9.66. The Labute approximate surface area is 95.5 Å². The van der Waals surface area contributed by atoms with Gasteiger partial charge in [0.05, 0.1) is 5.56 Å². The van der Waals surface area contributed by atoms with Gasteiger partial charge in [0.15, 0.2) is 0 Å². The highest BCUT2D eigenvalue weighted by molar-refractivity contribution is 5.96. The van der Waals surface area contributed by atoms with Crippen LogP contribution in [0.1, 0.15) is 29.3 Å². The topological polar surface area (TPSA) is 49.3 Å². The molecule has 0 aliphatic heterocycles. The molecular weight excluding hydrogens is 202 g/mol. The Kier molecular flexibility index (Phi) is 2.86. The SMILES string of the molecule is Cc1ccc(C(=O)NCC2CC2C)c(O)c1. The minimum absolute atomic E-state index is 0.0568. The molecule has 0 heterocycles. The number of carbonyl (C=O) groups is 1. The summed E-state index contributed by atoms with van der Waals surface area (Å²) in [6.45, 7) is 4.78. The lowest BCUT2D eigenvalue weighted by Gasteiger charge is -2.06. The Hall–Kier alpha value is -1.51. The van der Waals surface area contributed by atoms with Crippen molar-refractivity contribution in [3.8, 4) is 5.75 Å². The minimum Gasteiger partial charge on any atom is -0.507 e. The number of nitrogens with one attached hydrogen (secondary N) is 1. The quantitative estimate of drug-likeness (QED) is 0.817. The molecule has 0 saturated heterocycles. The summed E-state index contributed by atoms with van der Waals surface area (Å²) in [7, 11) is 0. The molecule has 0 radical (unpaired) electrons. The molecule has 1 aliphatic rings. The average Bonchev–Trinajstić information content (AvgIpc) is 2.91. The van der Waals surface area contributed by atoms with Crippen LogP contribution in [0.2, 0.25) is 0 Å². The lowest BCUT2D eigenvalue weighted by atomic mass is 10.1. The fourth-order valence-corrected chi connectivity index (χ4v) is 1.84. The van der Waals surface area contributed by atoms with E-state index < -0.39 is 0 Å². The maximum Gasteiger partial charge on any atom is 0.255 e.